The third kappa shape index (κ3) is 15.3. The molecular weight excluding hydrogens is 318 g/mol. The minimum Gasteiger partial charge on any atom is -0.395 e. The van der Waals surface area contributed by atoms with Crippen LogP contribution < -0.4 is 0 Å². The maximum Gasteiger partial charge on any atom is 0.222 e. The van der Waals surface area contributed by atoms with Crippen LogP contribution in [0.25, 0.3) is 0 Å². The van der Waals surface area contributed by atoms with Gasteiger partial charge in [0.15, 0.2) is 0 Å². The van der Waals surface area contributed by atoms with Crippen molar-refractivity contribution in [2.45, 2.75) is 90.6 Å². The minimum absolute atomic E-state index is 0.0530. The third-order valence-corrected chi connectivity index (χ3v) is 4.41. The normalized spacial score (nSPS) is 12.3. The number of carbonyl (C=O) groups excluding carboxylic acids is 1. The Morgan fingerprint density at radius 2 is 1.52 bits per heavy atom. The molecule has 0 aliphatic heterocycles. The molecule has 0 radical (unpaired) electrons. The summed E-state index contributed by atoms with van der Waals surface area (Å²) >= 11 is 0. The molecule has 5 heteroatoms. The molecule has 0 spiro atoms. The zero-order valence-corrected chi connectivity index (χ0v) is 16.5. The molecule has 0 bridgehead atoms. The largest absolute Gasteiger partial charge is 0.395 e. The van der Waals surface area contributed by atoms with Gasteiger partial charge in [0.2, 0.25) is 5.91 Å². The molecule has 1 unspecified atom stereocenters. The van der Waals surface area contributed by atoms with E-state index in [-0.39, 0.29) is 32.2 Å². The summed E-state index contributed by atoms with van der Waals surface area (Å²) in [6.07, 6.45) is 12.6. The van der Waals surface area contributed by atoms with Crippen molar-refractivity contribution >= 4 is 5.91 Å². The van der Waals surface area contributed by atoms with Gasteiger partial charge in [0, 0.05) is 26.1 Å². The molecule has 0 aromatic heterocycles. The van der Waals surface area contributed by atoms with Gasteiger partial charge in [0.1, 0.15) is 0 Å². The molecule has 0 saturated carbocycles. The molecule has 1 atom stereocenters. The molecule has 2 N–H and O–H groups in total. The highest BCUT2D eigenvalue weighted by Crippen LogP contribution is 2.10. The highest BCUT2D eigenvalue weighted by molar-refractivity contribution is 5.75. The zero-order chi connectivity index (χ0) is 18.8. The Labute approximate surface area is 154 Å². The highest BCUT2D eigenvalue weighted by Gasteiger charge is 2.15. The lowest BCUT2D eigenvalue weighted by Gasteiger charge is -2.24. The lowest BCUT2D eigenvalue weighted by molar-refractivity contribution is -0.133. The standard InChI is InChI=1S/C20H41NO4/c1-3-5-6-7-8-9-10-11-12-13-16-25-18-19(23)17-21(14-15-22)20(24)4-2/h19,22-23H,3-18H2,1-2H3. The highest BCUT2D eigenvalue weighted by atomic mass is 16.5. The van der Waals surface area contributed by atoms with E-state index in [2.05, 4.69) is 6.92 Å². The SMILES string of the molecule is CCCCCCCCCCCCOCC(O)CN(CCO)C(=O)CC. The molecular formula is C20H41NO4. The Bertz CT molecular complexity index is 299. The van der Waals surface area contributed by atoms with Gasteiger partial charge in [-0.3, -0.25) is 4.79 Å². The van der Waals surface area contributed by atoms with E-state index in [4.69, 9.17) is 9.84 Å². The molecule has 150 valence electrons. The van der Waals surface area contributed by atoms with Crippen molar-refractivity contribution in [1.82, 2.24) is 4.90 Å². The average molecular weight is 360 g/mol. The van der Waals surface area contributed by atoms with Gasteiger partial charge >= 0.3 is 0 Å². The minimum atomic E-state index is -0.690. The summed E-state index contributed by atoms with van der Waals surface area (Å²) in [5.74, 6) is -0.0530. The number of unbranched alkanes of at least 4 members (excludes halogenated alkanes) is 9. The zero-order valence-electron chi connectivity index (χ0n) is 16.5. The van der Waals surface area contributed by atoms with Gasteiger partial charge in [-0.05, 0) is 6.42 Å². The molecule has 5 nitrogen and oxygen atoms in total. The Morgan fingerprint density at radius 3 is 2.04 bits per heavy atom. The van der Waals surface area contributed by atoms with Gasteiger partial charge in [-0.1, -0.05) is 71.6 Å². The second kappa shape index (κ2) is 18.2. The van der Waals surface area contributed by atoms with Crippen LogP contribution in [0, 0.1) is 0 Å². The fraction of sp³-hybridized carbons (Fsp3) is 0.950. The summed E-state index contributed by atoms with van der Waals surface area (Å²) in [5.41, 5.74) is 0. The molecule has 25 heavy (non-hydrogen) atoms. The van der Waals surface area contributed by atoms with Crippen molar-refractivity contribution in [3.63, 3.8) is 0 Å². The van der Waals surface area contributed by atoms with Crippen LogP contribution in [0.3, 0.4) is 0 Å². The van der Waals surface area contributed by atoms with Crippen LogP contribution >= 0.6 is 0 Å². The van der Waals surface area contributed by atoms with Crippen LogP contribution in [-0.4, -0.2) is 60.0 Å². The van der Waals surface area contributed by atoms with Crippen LogP contribution in [0.5, 0.6) is 0 Å². The number of carbonyl (C=O) groups is 1. The van der Waals surface area contributed by atoms with E-state index in [1.807, 2.05) is 0 Å². The van der Waals surface area contributed by atoms with Crippen molar-refractivity contribution in [2.75, 3.05) is 32.9 Å². The van der Waals surface area contributed by atoms with Gasteiger partial charge in [-0.15, -0.1) is 0 Å². The number of hydrogen-bond acceptors (Lipinski definition) is 4. The molecule has 0 heterocycles. The van der Waals surface area contributed by atoms with E-state index >= 15 is 0 Å². The van der Waals surface area contributed by atoms with E-state index in [1.54, 1.807) is 6.92 Å². The number of rotatable bonds is 18. The third-order valence-electron chi connectivity index (χ3n) is 4.41. The number of aliphatic hydroxyl groups excluding tert-OH is 2. The molecule has 0 rings (SSSR count). The molecule has 0 aliphatic rings. The molecule has 0 saturated heterocycles. The number of hydrogen-bond donors (Lipinski definition) is 2. The molecule has 0 fully saturated rings. The van der Waals surface area contributed by atoms with Crippen LogP contribution in [0.15, 0.2) is 0 Å². The molecule has 0 aromatic carbocycles. The van der Waals surface area contributed by atoms with Gasteiger partial charge in [-0.25, -0.2) is 0 Å². The predicted molar refractivity (Wildman–Crippen MR) is 103 cm³/mol. The molecule has 0 aromatic rings. The number of aliphatic hydroxyl groups is 2. The average Bonchev–Trinajstić information content (AvgIpc) is 2.61. The van der Waals surface area contributed by atoms with Crippen molar-refractivity contribution in [1.29, 1.82) is 0 Å². The van der Waals surface area contributed by atoms with Crippen LogP contribution in [-0.2, 0) is 9.53 Å². The van der Waals surface area contributed by atoms with E-state index in [0.29, 0.717) is 13.0 Å². The van der Waals surface area contributed by atoms with Crippen LogP contribution in [0.4, 0.5) is 0 Å². The first-order valence-corrected chi connectivity index (χ1v) is 10.3. The quantitative estimate of drug-likeness (QED) is 0.367. The van der Waals surface area contributed by atoms with Gasteiger partial charge in [-0.2, -0.15) is 0 Å². The Kier molecular flexibility index (Phi) is 17.7. The fourth-order valence-corrected chi connectivity index (χ4v) is 2.88. The summed E-state index contributed by atoms with van der Waals surface area (Å²) in [5, 5.41) is 18.9. The number of ether oxygens (including phenoxy) is 1. The summed E-state index contributed by atoms with van der Waals surface area (Å²) in [6.45, 7) is 5.34. The lowest BCUT2D eigenvalue weighted by atomic mass is 10.1. The van der Waals surface area contributed by atoms with Crippen LogP contribution in [0.2, 0.25) is 0 Å². The summed E-state index contributed by atoms with van der Waals surface area (Å²) in [6, 6.07) is 0. The molecule has 0 aliphatic carbocycles. The first-order valence-electron chi connectivity index (χ1n) is 10.3. The summed E-state index contributed by atoms with van der Waals surface area (Å²) < 4.78 is 5.51. The second-order valence-corrected chi connectivity index (χ2v) is 6.83. The first-order chi connectivity index (χ1) is 12.2. The second-order valence-electron chi connectivity index (χ2n) is 6.83. The molecule has 1 amide bonds. The van der Waals surface area contributed by atoms with Crippen molar-refractivity contribution in [3.05, 3.63) is 0 Å². The Hall–Kier alpha value is -0.650. The number of nitrogens with zero attached hydrogens (tertiary/aromatic N) is 1. The van der Waals surface area contributed by atoms with E-state index < -0.39 is 6.10 Å². The first kappa shape index (κ1) is 24.4. The van der Waals surface area contributed by atoms with Crippen molar-refractivity contribution in [3.8, 4) is 0 Å². The summed E-state index contributed by atoms with van der Waals surface area (Å²) in [4.78, 5) is 13.2. The fourth-order valence-electron chi connectivity index (χ4n) is 2.88. The van der Waals surface area contributed by atoms with E-state index in [0.717, 1.165) is 6.42 Å². The number of amides is 1. The van der Waals surface area contributed by atoms with Gasteiger partial charge < -0.3 is 19.8 Å². The van der Waals surface area contributed by atoms with Crippen molar-refractivity contribution < 1.29 is 19.7 Å². The summed E-state index contributed by atoms with van der Waals surface area (Å²) in [7, 11) is 0. The smallest absolute Gasteiger partial charge is 0.222 e. The maximum atomic E-state index is 11.7. The monoisotopic (exact) mass is 359 g/mol. The van der Waals surface area contributed by atoms with Gasteiger partial charge in [0.05, 0.1) is 19.3 Å². The maximum absolute atomic E-state index is 11.7. The van der Waals surface area contributed by atoms with E-state index in [1.165, 1.54) is 62.7 Å². The Morgan fingerprint density at radius 1 is 0.960 bits per heavy atom. The Balaban J connectivity index is 3.47. The topological polar surface area (TPSA) is 70.0 Å². The van der Waals surface area contributed by atoms with Crippen molar-refractivity contribution in [2.24, 2.45) is 0 Å². The predicted octanol–water partition coefficient (Wildman–Crippen LogP) is 3.52. The van der Waals surface area contributed by atoms with Gasteiger partial charge in [0.25, 0.3) is 0 Å². The van der Waals surface area contributed by atoms with E-state index in [9.17, 15) is 9.90 Å². The lowest BCUT2D eigenvalue weighted by Crippen LogP contribution is -2.40. The van der Waals surface area contributed by atoms with Crippen LogP contribution in [0.1, 0.15) is 84.5 Å².